The zero-order chi connectivity index (χ0) is 8.69. The Hall–Kier alpha value is -0.850. The first-order chi connectivity index (χ1) is 5.26. The van der Waals surface area contributed by atoms with E-state index in [4.69, 9.17) is 15.9 Å². The lowest BCUT2D eigenvalue weighted by atomic mass is 10.2. The highest BCUT2D eigenvalue weighted by molar-refractivity contribution is 5.81. The van der Waals surface area contributed by atoms with Gasteiger partial charge in [-0.15, -0.1) is 12.3 Å². The molecule has 0 radical (unpaired) electrons. The summed E-state index contributed by atoms with van der Waals surface area (Å²) >= 11 is 0. The van der Waals surface area contributed by atoms with Gasteiger partial charge >= 0.3 is 0 Å². The first kappa shape index (κ1) is 10.2. The molecule has 0 aliphatic carbocycles. The van der Waals surface area contributed by atoms with Crippen LogP contribution < -0.4 is 0 Å². The lowest BCUT2D eigenvalue weighted by molar-refractivity contribution is -0.156. The van der Waals surface area contributed by atoms with E-state index in [9.17, 15) is 4.79 Å². The van der Waals surface area contributed by atoms with Crippen molar-refractivity contribution >= 4 is 5.78 Å². The number of carbonyl (C=O) groups excluding carboxylic acids is 1. The second-order valence-electron chi connectivity index (χ2n) is 1.97. The van der Waals surface area contributed by atoms with Crippen LogP contribution in [0.25, 0.3) is 0 Å². The van der Waals surface area contributed by atoms with Crippen LogP contribution in [0.2, 0.25) is 0 Å². The molecule has 0 aliphatic rings. The molecule has 0 spiro atoms. The Morgan fingerprint density at radius 3 is 2.45 bits per heavy atom. The maximum Gasteiger partial charge on any atom is 0.217 e. The summed E-state index contributed by atoms with van der Waals surface area (Å²) in [6, 6.07) is 0. The van der Waals surface area contributed by atoms with Gasteiger partial charge < -0.3 is 9.47 Å². The van der Waals surface area contributed by atoms with E-state index in [1.165, 1.54) is 14.2 Å². The molecule has 3 heteroatoms. The molecule has 11 heavy (non-hydrogen) atoms. The highest BCUT2D eigenvalue weighted by atomic mass is 16.7. The van der Waals surface area contributed by atoms with Gasteiger partial charge in [-0.3, -0.25) is 4.79 Å². The summed E-state index contributed by atoms with van der Waals surface area (Å²) in [5, 5.41) is 0. The third-order valence-electron chi connectivity index (χ3n) is 1.21. The molecule has 0 aromatic carbocycles. The zero-order valence-corrected chi connectivity index (χ0v) is 6.79. The predicted molar refractivity (Wildman–Crippen MR) is 40.9 cm³/mol. The number of terminal acetylenes is 1. The molecule has 0 aliphatic heterocycles. The van der Waals surface area contributed by atoms with Crippen LogP contribution in [0.4, 0.5) is 0 Å². The Bertz CT molecular complexity index is 153. The number of ketones is 1. The van der Waals surface area contributed by atoms with E-state index in [2.05, 4.69) is 5.92 Å². The van der Waals surface area contributed by atoms with Crippen molar-refractivity contribution in [3.8, 4) is 12.3 Å². The predicted octanol–water partition coefficient (Wildman–Crippen LogP) is 0.588. The van der Waals surface area contributed by atoms with Crippen LogP contribution in [0.15, 0.2) is 0 Å². The van der Waals surface area contributed by atoms with E-state index >= 15 is 0 Å². The molecule has 0 fully saturated rings. The van der Waals surface area contributed by atoms with Gasteiger partial charge in [0, 0.05) is 27.1 Å². The van der Waals surface area contributed by atoms with Gasteiger partial charge in [-0.25, -0.2) is 0 Å². The molecule has 3 nitrogen and oxygen atoms in total. The first-order valence-corrected chi connectivity index (χ1v) is 3.28. The highest BCUT2D eigenvalue weighted by Gasteiger charge is 2.14. The average Bonchev–Trinajstić information content (AvgIpc) is 2.03. The van der Waals surface area contributed by atoms with Crippen LogP contribution in [-0.2, 0) is 14.3 Å². The third kappa shape index (κ3) is 3.76. The normalized spacial score (nSPS) is 9.64. The van der Waals surface area contributed by atoms with Crippen molar-refractivity contribution in [3.63, 3.8) is 0 Å². The Kier molecular flexibility index (Phi) is 5.44. The Labute approximate surface area is 66.7 Å². The number of hydrogen-bond donors (Lipinski definition) is 0. The van der Waals surface area contributed by atoms with Crippen molar-refractivity contribution < 1.29 is 14.3 Å². The lowest BCUT2D eigenvalue weighted by Gasteiger charge is -2.10. The molecule has 0 saturated carbocycles. The summed E-state index contributed by atoms with van der Waals surface area (Å²) in [5.74, 6) is 2.25. The fourth-order valence-electron chi connectivity index (χ4n) is 0.672. The minimum atomic E-state index is -0.761. The molecular formula is C8H12O3. The standard InChI is InChI=1S/C8H12O3/c1-4-5-6-7(9)8(10-2)11-3/h1,8H,5-6H2,2-3H3. The fraction of sp³-hybridized carbons (Fsp3) is 0.625. The average molecular weight is 156 g/mol. The third-order valence-corrected chi connectivity index (χ3v) is 1.21. The van der Waals surface area contributed by atoms with Crippen molar-refractivity contribution in [1.29, 1.82) is 0 Å². The van der Waals surface area contributed by atoms with Crippen molar-refractivity contribution in [2.75, 3.05) is 14.2 Å². The first-order valence-electron chi connectivity index (χ1n) is 3.28. The minimum Gasteiger partial charge on any atom is -0.349 e. The fourth-order valence-corrected chi connectivity index (χ4v) is 0.672. The number of carbonyl (C=O) groups is 1. The van der Waals surface area contributed by atoms with Crippen LogP contribution >= 0.6 is 0 Å². The molecule has 0 atom stereocenters. The van der Waals surface area contributed by atoms with E-state index < -0.39 is 6.29 Å². The zero-order valence-electron chi connectivity index (χ0n) is 6.79. The van der Waals surface area contributed by atoms with E-state index in [0.29, 0.717) is 12.8 Å². The topological polar surface area (TPSA) is 35.5 Å². The Morgan fingerprint density at radius 1 is 1.55 bits per heavy atom. The van der Waals surface area contributed by atoms with Crippen molar-refractivity contribution in [3.05, 3.63) is 0 Å². The maximum absolute atomic E-state index is 11.0. The number of hydrogen-bond acceptors (Lipinski definition) is 3. The summed E-state index contributed by atoms with van der Waals surface area (Å²) in [5.41, 5.74) is 0. The summed E-state index contributed by atoms with van der Waals surface area (Å²) < 4.78 is 9.44. The maximum atomic E-state index is 11.0. The SMILES string of the molecule is C#CCCC(=O)C(OC)OC. The van der Waals surface area contributed by atoms with Gasteiger partial charge in [0.15, 0.2) is 5.78 Å². The smallest absolute Gasteiger partial charge is 0.217 e. The van der Waals surface area contributed by atoms with E-state index in [1.807, 2.05) is 0 Å². The number of ether oxygens (including phenoxy) is 2. The molecule has 0 aromatic heterocycles. The van der Waals surface area contributed by atoms with Gasteiger partial charge in [-0.2, -0.15) is 0 Å². The van der Waals surface area contributed by atoms with Gasteiger partial charge in [0.05, 0.1) is 0 Å². The molecule has 0 amide bonds. The van der Waals surface area contributed by atoms with Gasteiger partial charge in [-0.1, -0.05) is 0 Å². The minimum absolute atomic E-state index is 0.118. The van der Waals surface area contributed by atoms with Gasteiger partial charge in [-0.05, 0) is 0 Å². The monoisotopic (exact) mass is 156 g/mol. The molecule has 0 bridgehead atoms. The van der Waals surface area contributed by atoms with Crippen LogP contribution in [0.3, 0.4) is 0 Å². The molecule has 0 aromatic rings. The van der Waals surface area contributed by atoms with Crippen molar-refractivity contribution in [1.82, 2.24) is 0 Å². The van der Waals surface area contributed by atoms with Crippen LogP contribution in [0, 0.1) is 12.3 Å². The van der Waals surface area contributed by atoms with Crippen LogP contribution in [0.5, 0.6) is 0 Å². The largest absolute Gasteiger partial charge is 0.349 e. The Morgan fingerprint density at radius 2 is 2.09 bits per heavy atom. The quantitative estimate of drug-likeness (QED) is 0.431. The lowest BCUT2D eigenvalue weighted by Crippen LogP contribution is -2.24. The molecular weight excluding hydrogens is 144 g/mol. The molecule has 0 unspecified atom stereocenters. The highest BCUT2D eigenvalue weighted by Crippen LogP contribution is 1.99. The van der Waals surface area contributed by atoms with Crippen molar-refractivity contribution in [2.45, 2.75) is 19.1 Å². The summed E-state index contributed by atoms with van der Waals surface area (Å²) in [7, 11) is 2.84. The van der Waals surface area contributed by atoms with E-state index in [-0.39, 0.29) is 5.78 Å². The summed E-state index contributed by atoms with van der Waals surface area (Å²) in [4.78, 5) is 11.0. The molecule has 0 heterocycles. The molecule has 0 saturated heterocycles. The van der Waals surface area contributed by atoms with Gasteiger partial charge in [0.1, 0.15) is 0 Å². The summed E-state index contributed by atoms with van der Waals surface area (Å²) in [6.07, 6.45) is 4.96. The number of methoxy groups -OCH3 is 2. The van der Waals surface area contributed by atoms with Gasteiger partial charge in [0.25, 0.3) is 0 Å². The van der Waals surface area contributed by atoms with Crippen molar-refractivity contribution in [2.24, 2.45) is 0 Å². The van der Waals surface area contributed by atoms with Crippen LogP contribution in [-0.4, -0.2) is 26.3 Å². The van der Waals surface area contributed by atoms with E-state index in [1.54, 1.807) is 0 Å². The van der Waals surface area contributed by atoms with E-state index in [0.717, 1.165) is 0 Å². The van der Waals surface area contributed by atoms with Crippen LogP contribution in [0.1, 0.15) is 12.8 Å². The van der Waals surface area contributed by atoms with Gasteiger partial charge in [0.2, 0.25) is 6.29 Å². The summed E-state index contributed by atoms with van der Waals surface area (Å²) in [6.45, 7) is 0. The molecule has 0 N–H and O–H groups in total. The number of rotatable bonds is 5. The second kappa shape index (κ2) is 5.90. The Balaban J connectivity index is 3.72. The molecule has 0 rings (SSSR count). The number of Topliss-reactive ketones (excluding diaryl/α,β-unsaturated/α-hetero) is 1. The molecule has 62 valence electrons. The second-order valence-corrected chi connectivity index (χ2v) is 1.97.